The Morgan fingerprint density at radius 1 is 1.48 bits per heavy atom. The number of piperazine rings is 1. The normalized spacial score (nSPS) is 26.6. The number of imidazole rings is 1. The van der Waals surface area contributed by atoms with Gasteiger partial charge in [-0.15, -0.1) is 0 Å². The average molecular weight is 292 g/mol. The van der Waals surface area contributed by atoms with E-state index in [1.54, 1.807) is 12.5 Å². The molecule has 1 aromatic heterocycles. The third kappa shape index (κ3) is 3.27. The summed E-state index contributed by atoms with van der Waals surface area (Å²) in [6.07, 6.45) is 6.10. The molecule has 1 amide bonds. The van der Waals surface area contributed by atoms with Gasteiger partial charge in [-0.3, -0.25) is 9.69 Å². The first-order valence-electron chi connectivity index (χ1n) is 7.86. The van der Waals surface area contributed by atoms with Crippen molar-refractivity contribution < 1.29 is 9.53 Å². The van der Waals surface area contributed by atoms with Gasteiger partial charge in [0.15, 0.2) is 0 Å². The number of nitrogens with zero attached hydrogens (tertiary/aromatic N) is 3. The predicted molar refractivity (Wildman–Crippen MR) is 78.9 cm³/mol. The molecule has 6 nitrogen and oxygen atoms in total. The van der Waals surface area contributed by atoms with Crippen molar-refractivity contribution in [2.45, 2.75) is 38.3 Å². The summed E-state index contributed by atoms with van der Waals surface area (Å²) < 4.78 is 5.74. The molecule has 1 aromatic rings. The number of carbonyl (C=O) groups excluding carboxylic acids is 1. The largest absolute Gasteiger partial charge is 0.378 e. The van der Waals surface area contributed by atoms with Crippen LogP contribution in [-0.2, 0) is 16.0 Å². The van der Waals surface area contributed by atoms with E-state index < -0.39 is 0 Å². The number of ether oxygens (including phenoxy) is 1. The molecule has 0 radical (unpaired) electrons. The Labute approximate surface area is 125 Å². The minimum atomic E-state index is 0.177. The van der Waals surface area contributed by atoms with Crippen LogP contribution in [0.4, 0.5) is 0 Å². The second kappa shape index (κ2) is 6.58. The number of morpholine rings is 1. The fourth-order valence-electron chi connectivity index (χ4n) is 3.40. The molecule has 6 heteroatoms. The minimum absolute atomic E-state index is 0.177. The van der Waals surface area contributed by atoms with Gasteiger partial charge in [-0.25, -0.2) is 4.98 Å². The zero-order valence-electron chi connectivity index (χ0n) is 12.6. The van der Waals surface area contributed by atoms with Crippen LogP contribution in [0.25, 0.3) is 0 Å². The number of hydrogen-bond donors (Lipinski definition) is 1. The van der Waals surface area contributed by atoms with Crippen LogP contribution < -0.4 is 0 Å². The molecule has 116 valence electrons. The van der Waals surface area contributed by atoms with Crippen molar-refractivity contribution in [3.8, 4) is 0 Å². The van der Waals surface area contributed by atoms with Crippen molar-refractivity contribution in [1.82, 2.24) is 19.8 Å². The molecule has 0 aromatic carbocycles. The van der Waals surface area contributed by atoms with E-state index in [1.165, 1.54) is 12.8 Å². The molecule has 2 aliphatic heterocycles. The highest BCUT2D eigenvalue weighted by molar-refractivity contribution is 5.78. The van der Waals surface area contributed by atoms with Crippen LogP contribution in [-0.4, -0.2) is 70.6 Å². The third-order valence-corrected chi connectivity index (χ3v) is 4.49. The lowest BCUT2D eigenvalue weighted by atomic mass is 10.0. The summed E-state index contributed by atoms with van der Waals surface area (Å²) in [6.45, 7) is 6.37. The van der Waals surface area contributed by atoms with Crippen LogP contribution in [0, 0.1) is 0 Å². The van der Waals surface area contributed by atoms with Crippen LogP contribution in [0.3, 0.4) is 0 Å². The molecule has 21 heavy (non-hydrogen) atoms. The zero-order chi connectivity index (χ0) is 14.7. The zero-order valence-corrected chi connectivity index (χ0v) is 12.6. The number of aromatic nitrogens is 2. The first kappa shape index (κ1) is 14.5. The highest BCUT2D eigenvalue weighted by atomic mass is 16.5. The van der Waals surface area contributed by atoms with Gasteiger partial charge < -0.3 is 14.6 Å². The van der Waals surface area contributed by atoms with Gasteiger partial charge in [-0.1, -0.05) is 13.3 Å². The number of amides is 1. The second-order valence-electron chi connectivity index (χ2n) is 5.96. The summed E-state index contributed by atoms with van der Waals surface area (Å²) in [6, 6.07) is 0.883. The van der Waals surface area contributed by atoms with Gasteiger partial charge in [0.25, 0.3) is 0 Å². The summed E-state index contributed by atoms with van der Waals surface area (Å²) in [5, 5.41) is 0. The molecule has 2 aliphatic rings. The number of aromatic amines is 1. The second-order valence-corrected chi connectivity index (χ2v) is 5.96. The fourth-order valence-corrected chi connectivity index (χ4v) is 3.40. The minimum Gasteiger partial charge on any atom is -0.378 e. The van der Waals surface area contributed by atoms with E-state index in [-0.39, 0.29) is 5.91 Å². The van der Waals surface area contributed by atoms with E-state index in [2.05, 4.69) is 21.8 Å². The molecule has 2 atom stereocenters. The Hall–Kier alpha value is -1.40. The highest BCUT2D eigenvalue weighted by Crippen LogP contribution is 2.21. The SMILES string of the molecule is CCC[C@H]1COC[C@H]2CN(C(=O)Cc3cnc[nH]3)CCN12. The highest BCUT2D eigenvalue weighted by Gasteiger charge is 2.36. The van der Waals surface area contributed by atoms with Crippen molar-refractivity contribution in [3.63, 3.8) is 0 Å². The van der Waals surface area contributed by atoms with Gasteiger partial charge in [0.2, 0.25) is 5.91 Å². The molecule has 0 spiro atoms. The van der Waals surface area contributed by atoms with Crippen molar-refractivity contribution >= 4 is 5.91 Å². The van der Waals surface area contributed by atoms with Gasteiger partial charge >= 0.3 is 0 Å². The third-order valence-electron chi connectivity index (χ3n) is 4.49. The Kier molecular flexibility index (Phi) is 4.55. The maximum absolute atomic E-state index is 12.4. The first-order chi connectivity index (χ1) is 10.3. The Balaban J connectivity index is 1.58. The Bertz CT molecular complexity index is 460. The average Bonchev–Trinajstić information content (AvgIpc) is 3.00. The van der Waals surface area contributed by atoms with Crippen LogP contribution in [0.1, 0.15) is 25.5 Å². The quantitative estimate of drug-likeness (QED) is 0.886. The van der Waals surface area contributed by atoms with E-state index in [0.29, 0.717) is 18.5 Å². The number of rotatable bonds is 4. The molecule has 0 saturated carbocycles. The summed E-state index contributed by atoms with van der Waals surface area (Å²) in [5.74, 6) is 0.177. The molecule has 0 unspecified atom stereocenters. The summed E-state index contributed by atoms with van der Waals surface area (Å²) in [7, 11) is 0. The lowest BCUT2D eigenvalue weighted by Gasteiger charge is -2.48. The topological polar surface area (TPSA) is 61.5 Å². The molecular formula is C15H24N4O2. The molecule has 3 heterocycles. The van der Waals surface area contributed by atoms with Gasteiger partial charge in [0.05, 0.1) is 32.0 Å². The van der Waals surface area contributed by atoms with E-state index >= 15 is 0 Å². The predicted octanol–water partition coefficient (Wildman–Crippen LogP) is 0.664. The molecule has 2 saturated heterocycles. The number of nitrogens with one attached hydrogen (secondary N) is 1. The van der Waals surface area contributed by atoms with E-state index in [9.17, 15) is 4.79 Å². The maximum atomic E-state index is 12.4. The Morgan fingerprint density at radius 3 is 3.14 bits per heavy atom. The lowest BCUT2D eigenvalue weighted by molar-refractivity contribution is -0.139. The fraction of sp³-hybridized carbons (Fsp3) is 0.733. The summed E-state index contributed by atoms with van der Waals surface area (Å²) in [5.41, 5.74) is 0.881. The van der Waals surface area contributed by atoms with E-state index in [4.69, 9.17) is 4.74 Å². The van der Waals surface area contributed by atoms with Crippen molar-refractivity contribution in [3.05, 3.63) is 18.2 Å². The monoisotopic (exact) mass is 292 g/mol. The molecule has 1 N–H and O–H groups in total. The summed E-state index contributed by atoms with van der Waals surface area (Å²) in [4.78, 5) is 23.8. The van der Waals surface area contributed by atoms with Gasteiger partial charge in [0, 0.05) is 37.6 Å². The number of fused-ring (bicyclic) bond motifs is 1. The van der Waals surface area contributed by atoms with Crippen LogP contribution in [0.2, 0.25) is 0 Å². The maximum Gasteiger partial charge on any atom is 0.228 e. The number of carbonyl (C=O) groups is 1. The van der Waals surface area contributed by atoms with E-state index in [0.717, 1.165) is 38.5 Å². The number of hydrogen-bond acceptors (Lipinski definition) is 4. The molecular weight excluding hydrogens is 268 g/mol. The van der Waals surface area contributed by atoms with Gasteiger partial charge in [0.1, 0.15) is 0 Å². The van der Waals surface area contributed by atoms with Crippen molar-refractivity contribution in [2.75, 3.05) is 32.8 Å². The number of H-pyrrole nitrogens is 1. The smallest absolute Gasteiger partial charge is 0.228 e. The summed E-state index contributed by atoms with van der Waals surface area (Å²) >= 11 is 0. The van der Waals surface area contributed by atoms with Crippen LogP contribution in [0.15, 0.2) is 12.5 Å². The first-order valence-corrected chi connectivity index (χ1v) is 7.86. The molecule has 3 rings (SSSR count). The van der Waals surface area contributed by atoms with Gasteiger partial charge in [-0.05, 0) is 6.42 Å². The standard InChI is InChI=1S/C15H24N4O2/c1-2-3-13-9-21-10-14-8-18(4-5-19(13)14)15(20)6-12-7-16-11-17-12/h7,11,13-14H,2-6,8-10H2,1H3,(H,16,17)/t13-,14+/m0/s1. The molecule has 2 fully saturated rings. The van der Waals surface area contributed by atoms with Crippen molar-refractivity contribution in [2.24, 2.45) is 0 Å². The van der Waals surface area contributed by atoms with Gasteiger partial charge in [-0.2, -0.15) is 0 Å². The molecule has 0 bridgehead atoms. The molecule has 0 aliphatic carbocycles. The van der Waals surface area contributed by atoms with Crippen molar-refractivity contribution in [1.29, 1.82) is 0 Å². The Morgan fingerprint density at radius 2 is 2.38 bits per heavy atom. The lowest BCUT2D eigenvalue weighted by Crippen LogP contribution is -2.62. The van der Waals surface area contributed by atoms with E-state index in [1.807, 2.05) is 4.90 Å². The van der Waals surface area contributed by atoms with Crippen LogP contribution in [0.5, 0.6) is 0 Å². The van der Waals surface area contributed by atoms with Crippen LogP contribution >= 0.6 is 0 Å².